The van der Waals surface area contributed by atoms with Gasteiger partial charge in [0.15, 0.2) is 4.96 Å². The summed E-state index contributed by atoms with van der Waals surface area (Å²) >= 11 is 1.65. The molecule has 0 unspecified atom stereocenters. The van der Waals surface area contributed by atoms with E-state index in [2.05, 4.69) is 16.2 Å². The zero-order chi connectivity index (χ0) is 11.7. The smallest absolute Gasteiger partial charge is 0.193 e. The Bertz CT molecular complexity index is 612. The number of nitrogens with zero attached hydrogens (tertiary/aromatic N) is 3. The van der Waals surface area contributed by atoms with E-state index in [1.807, 2.05) is 28.1 Å². The number of anilines is 1. The minimum atomic E-state index is 0.619. The lowest BCUT2D eigenvalue weighted by Gasteiger charge is -2.01. The number of hydrogen-bond acceptors (Lipinski definition) is 4. The molecule has 0 aliphatic heterocycles. The first-order valence-corrected chi connectivity index (χ1v) is 6.31. The molecule has 0 bridgehead atoms. The van der Waals surface area contributed by atoms with E-state index in [0.717, 1.165) is 29.1 Å². The number of imidazole rings is 1. The number of nitrogens with two attached hydrogens (primary N) is 1. The van der Waals surface area contributed by atoms with Crippen molar-refractivity contribution < 1.29 is 0 Å². The highest BCUT2D eigenvalue weighted by Crippen LogP contribution is 2.14. The third kappa shape index (κ3) is 2.01. The fourth-order valence-corrected chi connectivity index (χ4v) is 2.54. The van der Waals surface area contributed by atoms with Gasteiger partial charge in [0, 0.05) is 24.0 Å². The van der Waals surface area contributed by atoms with Gasteiger partial charge in [-0.15, -0.1) is 11.3 Å². The standard InChI is InChI=1S/C12H12N4S/c13-11-9(2-1-5-14-11)3-4-10-8-16-6-7-17-12(16)15-10/h1-2,5-8H,3-4H2,(H2,13,14). The molecule has 0 fully saturated rings. The molecular weight excluding hydrogens is 232 g/mol. The average Bonchev–Trinajstić information content (AvgIpc) is 2.88. The van der Waals surface area contributed by atoms with E-state index in [4.69, 9.17) is 5.73 Å². The summed E-state index contributed by atoms with van der Waals surface area (Å²) in [5.74, 6) is 0.619. The van der Waals surface area contributed by atoms with Gasteiger partial charge in [-0.3, -0.25) is 4.40 Å². The molecule has 3 rings (SSSR count). The Hall–Kier alpha value is -1.88. The number of aromatic nitrogens is 3. The molecule has 0 spiro atoms. The lowest BCUT2D eigenvalue weighted by Crippen LogP contribution is -1.99. The van der Waals surface area contributed by atoms with Crippen LogP contribution in [0.15, 0.2) is 36.1 Å². The van der Waals surface area contributed by atoms with Gasteiger partial charge < -0.3 is 5.73 Å². The van der Waals surface area contributed by atoms with Crippen molar-refractivity contribution in [1.29, 1.82) is 0 Å². The highest BCUT2D eigenvalue weighted by molar-refractivity contribution is 7.15. The second-order valence-electron chi connectivity index (χ2n) is 3.87. The molecule has 3 aromatic rings. The Balaban J connectivity index is 1.76. The van der Waals surface area contributed by atoms with Gasteiger partial charge in [-0.05, 0) is 24.5 Å². The Morgan fingerprint density at radius 1 is 1.35 bits per heavy atom. The number of thiazole rings is 1. The minimum absolute atomic E-state index is 0.619. The molecule has 0 aliphatic rings. The van der Waals surface area contributed by atoms with E-state index in [-0.39, 0.29) is 0 Å². The Morgan fingerprint density at radius 3 is 3.12 bits per heavy atom. The van der Waals surface area contributed by atoms with E-state index >= 15 is 0 Å². The van der Waals surface area contributed by atoms with Gasteiger partial charge in [0.25, 0.3) is 0 Å². The van der Waals surface area contributed by atoms with Gasteiger partial charge >= 0.3 is 0 Å². The predicted octanol–water partition coefficient (Wildman–Crippen LogP) is 2.16. The fourth-order valence-electron chi connectivity index (χ4n) is 1.82. The van der Waals surface area contributed by atoms with Crippen molar-refractivity contribution in [3.63, 3.8) is 0 Å². The van der Waals surface area contributed by atoms with Gasteiger partial charge in [-0.2, -0.15) is 0 Å². The van der Waals surface area contributed by atoms with Crippen LogP contribution in [0, 0.1) is 0 Å². The average molecular weight is 244 g/mol. The lowest BCUT2D eigenvalue weighted by molar-refractivity contribution is 0.923. The maximum Gasteiger partial charge on any atom is 0.193 e. The summed E-state index contributed by atoms with van der Waals surface area (Å²) in [4.78, 5) is 9.66. The molecule has 17 heavy (non-hydrogen) atoms. The van der Waals surface area contributed by atoms with E-state index in [1.165, 1.54) is 0 Å². The molecule has 0 aliphatic carbocycles. The number of pyridine rings is 1. The van der Waals surface area contributed by atoms with Crippen LogP contribution in [0.5, 0.6) is 0 Å². The minimum Gasteiger partial charge on any atom is -0.383 e. The van der Waals surface area contributed by atoms with Crippen molar-refractivity contribution in [2.45, 2.75) is 12.8 Å². The first kappa shape index (κ1) is 10.3. The maximum atomic E-state index is 5.81. The van der Waals surface area contributed by atoms with Crippen LogP contribution in [-0.4, -0.2) is 14.4 Å². The Labute approximate surface area is 103 Å². The van der Waals surface area contributed by atoms with E-state index in [0.29, 0.717) is 5.82 Å². The number of nitrogen functional groups attached to an aromatic ring is 1. The maximum absolute atomic E-state index is 5.81. The van der Waals surface area contributed by atoms with Crippen LogP contribution in [0.1, 0.15) is 11.3 Å². The summed E-state index contributed by atoms with van der Waals surface area (Å²) in [6.45, 7) is 0. The number of fused-ring (bicyclic) bond motifs is 1. The van der Waals surface area contributed by atoms with Crippen molar-refractivity contribution in [1.82, 2.24) is 14.4 Å². The van der Waals surface area contributed by atoms with E-state index in [1.54, 1.807) is 17.5 Å². The molecule has 0 saturated heterocycles. The molecular formula is C12H12N4S. The number of aryl methyl sites for hydroxylation is 2. The highest BCUT2D eigenvalue weighted by Gasteiger charge is 2.04. The molecule has 3 aromatic heterocycles. The summed E-state index contributed by atoms with van der Waals surface area (Å²) in [5, 5.41) is 2.03. The molecule has 3 heterocycles. The van der Waals surface area contributed by atoms with Crippen molar-refractivity contribution >= 4 is 22.1 Å². The van der Waals surface area contributed by atoms with Gasteiger partial charge in [-0.25, -0.2) is 9.97 Å². The summed E-state index contributed by atoms with van der Waals surface area (Å²) in [5.41, 5.74) is 7.99. The molecule has 0 saturated carbocycles. The predicted molar refractivity (Wildman–Crippen MR) is 69.1 cm³/mol. The van der Waals surface area contributed by atoms with Crippen LogP contribution in [0.2, 0.25) is 0 Å². The molecule has 0 atom stereocenters. The summed E-state index contributed by atoms with van der Waals surface area (Å²) < 4.78 is 2.05. The molecule has 4 nitrogen and oxygen atoms in total. The van der Waals surface area contributed by atoms with Crippen LogP contribution < -0.4 is 5.73 Å². The molecule has 0 amide bonds. The molecule has 5 heteroatoms. The van der Waals surface area contributed by atoms with Crippen LogP contribution in [0.4, 0.5) is 5.82 Å². The Kier molecular flexibility index (Phi) is 2.53. The van der Waals surface area contributed by atoms with Gasteiger partial charge in [0.2, 0.25) is 0 Å². The van der Waals surface area contributed by atoms with Gasteiger partial charge in [0.1, 0.15) is 5.82 Å². The summed E-state index contributed by atoms with van der Waals surface area (Å²) in [6, 6.07) is 3.93. The lowest BCUT2D eigenvalue weighted by atomic mass is 10.1. The molecule has 86 valence electrons. The van der Waals surface area contributed by atoms with Crippen molar-refractivity contribution in [3.05, 3.63) is 47.4 Å². The largest absolute Gasteiger partial charge is 0.383 e. The highest BCUT2D eigenvalue weighted by atomic mass is 32.1. The molecule has 2 N–H and O–H groups in total. The fraction of sp³-hybridized carbons (Fsp3) is 0.167. The normalized spacial score (nSPS) is 11.1. The first-order valence-electron chi connectivity index (χ1n) is 5.43. The van der Waals surface area contributed by atoms with Crippen molar-refractivity contribution in [2.75, 3.05) is 5.73 Å². The SMILES string of the molecule is Nc1ncccc1CCc1cn2ccsc2n1. The third-order valence-electron chi connectivity index (χ3n) is 2.72. The first-order chi connectivity index (χ1) is 8.33. The summed E-state index contributed by atoms with van der Waals surface area (Å²) in [6.07, 6.45) is 7.58. The zero-order valence-corrected chi connectivity index (χ0v) is 10.0. The molecule has 0 radical (unpaired) electrons. The monoisotopic (exact) mass is 244 g/mol. The Morgan fingerprint density at radius 2 is 2.29 bits per heavy atom. The van der Waals surface area contributed by atoms with Crippen LogP contribution in [0.25, 0.3) is 4.96 Å². The topological polar surface area (TPSA) is 56.2 Å². The summed E-state index contributed by atoms with van der Waals surface area (Å²) in [7, 11) is 0. The van der Waals surface area contributed by atoms with Gasteiger partial charge in [-0.1, -0.05) is 6.07 Å². The van der Waals surface area contributed by atoms with Crippen molar-refractivity contribution in [2.24, 2.45) is 0 Å². The van der Waals surface area contributed by atoms with Gasteiger partial charge in [0.05, 0.1) is 5.69 Å². The van der Waals surface area contributed by atoms with Crippen molar-refractivity contribution in [3.8, 4) is 0 Å². The third-order valence-corrected chi connectivity index (χ3v) is 3.49. The van der Waals surface area contributed by atoms with Crippen LogP contribution in [0.3, 0.4) is 0 Å². The number of hydrogen-bond donors (Lipinski definition) is 1. The zero-order valence-electron chi connectivity index (χ0n) is 9.21. The molecule has 0 aromatic carbocycles. The van der Waals surface area contributed by atoms with Crippen LogP contribution in [-0.2, 0) is 12.8 Å². The van der Waals surface area contributed by atoms with Crippen LogP contribution >= 0.6 is 11.3 Å². The number of rotatable bonds is 3. The second-order valence-corrected chi connectivity index (χ2v) is 4.75. The van der Waals surface area contributed by atoms with E-state index < -0.39 is 0 Å². The van der Waals surface area contributed by atoms with E-state index in [9.17, 15) is 0 Å². The quantitative estimate of drug-likeness (QED) is 0.768. The second kappa shape index (κ2) is 4.18.